The van der Waals surface area contributed by atoms with E-state index in [-0.39, 0.29) is 18.1 Å². The Morgan fingerprint density at radius 1 is 1.23 bits per heavy atom. The van der Waals surface area contributed by atoms with Crippen molar-refractivity contribution < 1.29 is 32.3 Å². The number of nitrogens with two attached hydrogens (primary N) is 1. The van der Waals surface area contributed by atoms with Gasteiger partial charge < -0.3 is 20.7 Å². The summed E-state index contributed by atoms with van der Waals surface area (Å²) >= 11 is 0. The maximum Gasteiger partial charge on any atom is 0.405 e. The molecule has 11 nitrogen and oxygen atoms in total. The molecule has 4 unspecified atom stereocenters. The van der Waals surface area contributed by atoms with Crippen LogP contribution in [0.5, 0.6) is 0 Å². The number of nitrogens with zero attached hydrogens (tertiary/aromatic N) is 1. The van der Waals surface area contributed by atoms with Crippen LogP contribution in [0.2, 0.25) is 0 Å². The number of unbranched alkanes of at least 4 members (excludes halogenated alkanes) is 1. The third kappa shape index (κ3) is 6.74. The quantitative estimate of drug-likeness (QED) is 0.448. The zero-order valence-corrected chi connectivity index (χ0v) is 21.0. The molecule has 0 aromatic heterocycles. The van der Waals surface area contributed by atoms with Gasteiger partial charge in [-0.05, 0) is 51.4 Å². The number of allylic oxidation sites excluding steroid dienone is 1. The van der Waals surface area contributed by atoms with Gasteiger partial charge in [-0.2, -0.15) is 0 Å². The first kappa shape index (κ1) is 27.0. The summed E-state index contributed by atoms with van der Waals surface area (Å²) in [5.41, 5.74) is 3.79. The Labute approximate surface area is 206 Å². The lowest BCUT2D eigenvalue weighted by atomic mass is 10.1. The Hall–Kier alpha value is -2.63. The highest BCUT2D eigenvalue weighted by atomic mass is 32.2. The second kappa shape index (κ2) is 11.4. The van der Waals surface area contributed by atoms with Crippen molar-refractivity contribution in [2.75, 3.05) is 12.3 Å². The Balaban J connectivity index is 1.84. The van der Waals surface area contributed by atoms with Crippen LogP contribution in [0.4, 0.5) is 4.79 Å². The van der Waals surface area contributed by atoms with Gasteiger partial charge in [0.05, 0.1) is 5.75 Å². The molecule has 3 aliphatic rings. The van der Waals surface area contributed by atoms with E-state index in [9.17, 15) is 27.6 Å². The summed E-state index contributed by atoms with van der Waals surface area (Å²) < 4.78 is 31.9. The summed E-state index contributed by atoms with van der Waals surface area (Å²) in [6.45, 7) is 2.16. The van der Waals surface area contributed by atoms with Gasteiger partial charge in [0.2, 0.25) is 15.9 Å². The standard InChI is InChI=1S/C23H36N4O7S/c1-2-3-14-35(32,33)26-21(30)23-15-16(23)10-7-5-4-6-8-12-18(34-22(24)31)20(29)27-13-9-11-17(27)19(28)25-23/h7,10,16-18H,2-6,8-9,11-15H2,1H3,(H2,24,31)(H,25,28)(H,26,30). The van der Waals surface area contributed by atoms with E-state index in [1.807, 2.05) is 19.1 Å². The molecule has 1 saturated heterocycles. The number of ether oxygens (including phenoxy) is 1. The number of carbonyl (C=O) groups excluding carboxylic acids is 4. The van der Waals surface area contributed by atoms with Gasteiger partial charge in [-0.25, -0.2) is 13.2 Å². The average molecular weight is 513 g/mol. The molecule has 1 aliphatic carbocycles. The van der Waals surface area contributed by atoms with Crippen molar-refractivity contribution in [3.05, 3.63) is 12.2 Å². The van der Waals surface area contributed by atoms with E-state index in [4.69, 9.17) is 10.5 Å². The predicted molar refractivity (Wildman–Crippen MR) is 127 cm³/mol. The molecule has 0 aromatic rings. The smallest absolute Gasteiger partial charge is 0.405 e. The lowest BCUT2D eigenvalue weighted by Crippen LogP contribution is -2.57. The minimum absolute atomic E-state index is 0.175. The van der Waals surface area contributed by atoms with Crippen LogP contribution < -0.4 is 15.8 Å². The number of nitrogens with one attached hydrogen (secondary N) is 2. The molecule has 0 aromatic carbocycles. The first-order valence-corrected chi connectivity index (χ1v) is 14.0. The second-order valence-electron chi connectivity index (χ2n) is 9.56. The van der Waals surface area contributed by atoms with E-state index in [1.54, 1.807) is 0 Å². The molecule has 196 valence electrons. The van der Waals surface area contributed by atoms with Gasteiger partial charge in [0.25, 0.3) is 11.8 Å². The van der Waals surface area contributed by atoms with E-state index in [2.05, 4.69) is 10.0 Å². The van der Waals surface area contributed by atoms with Gasteiger partial charge >= 0.3 is 6.09 Å². The molecule has 1 saturated carbocycles. The number of carbonyl (C=O) groups is 4. The molecule has 4 N–H and O–H groups in total. The molecule has 0 bridgehead atoms. The Morgan fingerprint density at radius 2 is 2.00 bits per heavy atom. The number of hydrogen-bond donors (Lipinski definition) is 3. The van der Waals surface area contributed by atoms with Crippen LogP contribution >= 0.6 is 0 Å². The molecule has 0 radical (unpaired) electrons. The molecular weight excluding hydrogens is 476 g/mol. The minimum atomic E-state index is -3.83. The summed E-state index contributed by atoms with van der Waals surface area (Å²) in [4.78, 5) is 52.4. The Kier molecular flexibility index (Phi) is 8.79. The summed E-state index contributed by atoms with van der Waals surface area (Å²) in [6, 6.07) is -0.849. The van der Waals surface area contributed by atoms with Gasteiger partial charge in [-0.1, -0.05) is 31.9 Å². The van der Waals surface area contributed by atoms with Gasteiger partial charge in [0, 0.05) is 12.5 Å². The second-order valence-corrected chi connectivity index (χ2v) is 11.4. The van der Waals surface area contributed by atoms with Crippen LogP contribution in [0, 0.1) is 5.92 Å². The highest BCUT2D eigenvalue weighted by Crippen LogP contribution is 2.45. The monoisotopic (exact) mass is 512 g/mol. The number of rotatable bonds is 6. The predicted octanol–water partition coefficient (Wildman–Crippen LogP) is 1.08. The van der Waals surface area contributed by atoms with Crippen molar-refractivity contribution in [3.63, 3.8) is 0 Å². The topological polar surface area (TPSA) is 165 Å². The van der Waals surface area contributed by atoms with Gasteiger partial charge in [0.15, 0.2) is 6.10 Å². The van der Waals surface area contributed by atoms with Crippen molar-refractivity contribution >= 4 is 33.8 Å². The van der Waals surface area contributed by atoms with Crippen LogP contribution in [0.15, 0.2) is 12.2 Å². The lowest BCUT2D eigenvalue weighted by Gasteiger charge is -2.29. The number of hydrogen-bond acceptors (Lipinski definition) is 7. The first-order valence-electron chi connectivity index (χ1n) is 12.4. The van der Waals surface area contributed by atoms with Gasteiger partial charge in [-0.15, -0.1) is 0 Å². The van der Waals surface area contributed by atoms with Crippen molar-refractivity contribution in [2.45, 2.75) is 88.8 Å². The molecule has 12 heteroatoms. The normalized spacial score (nSPS) is 29.7. The molecule has 3 rings (SSSR count). The Bertz CT molecular complexity index is 967. The molecule has 2 heterocycles. The van der Waals surface area contributed by atoms with Crippen molar-refractivity contribution in [1.29, 1.82) is 0 Å². The highest BCUT2D eigenvalue weighted by Gasteiger charge is 2.61. The third-order valence-electron chi connectivity index (χ3n) is 6.86. The maximum atomic E-state index is 13.3. The lowest BCUT2D eigenvalue weighted by molar-refractivity contribution is -0.146. The summed E-state index contributed by atoms with van der Waals surface area (Å²) in [6.07, 6.45) is 7.26. The molecule has 4 atom stereocenters. The molecule has 4 amide bonds. The number of primary amides is 1. The van der Waals surface area contributed by atoms with Crippen LogP contribution in [0.25, 0.3) is 0 Å². The fourth-order valence-electron chi connectivity index (χ4n) is 4.79. The zero-order valence-electron chi connectivity index (χ0n) is 20.2. The fraction of sp³-hybridized carbons (Fsp3) is 0.739. The number of fused-ring (bicyclic) bond motifs is 2. The summed E-state index contributed by atoms with van der Waals surface area (Å²) in [7, 11) is -3.83. The minimum Gasteiger partial charge on any atom is -0.436 e. The van der Waals surface area contributed by atoms with E-state index in [1.165, 1.54) is 4.90 Å². The summed E-state index contributed by atoms with van der Waals surface area (Å²) in [5.74, 6) is -2.28. The van der Waals surface area contributed by atoms with Crippen molar-refractivity contribution in [2.24, 2.45) is 11.7 Å². The van der Waals surface area contributed by atoms with Crippen LogP contribution in [0.1, 0.15) is 71.1 Å². The molecule has 0 spiro atoms. The first-order chi connectivity index (χ1) is 16.6. The average Bonchev–Trinajstić information content (AvgIpc) is 3.25. The zero-order chi connectivity index (χ0) is 25.6. The van der Waals surface area contributed by atoms with Crippen molar-refractivity contribution in [3.8, 4) is 0 Å². The van der Waals surface area contributed by atoms with Gasteiger partial charge in [0.1, 0.15) is 11.6 Å². The number of sulfonamides is 1. The molecule has 2 aliphatic heterocycles. The van der Waals surface area contributed by atoms with Crippen molar-refractivity contribution in [1.82, 2.24) is 14.9 Å². The highest BCUT2D eigenvalue weighted by molar-refractivity contribution is 7.90. The van der Waals surface area contributed by atoms with E-state index >= 15 is 0 Å². The molecular formula is C23H36N4O7S. The van der Waals surface area contributed by atoms with E-state index in [0.717, 1.165) is 19.3 Å². The fourth-order valence-corrected chi connectivity index (χ4v) is 6.03. The van der Waals surface area contributed by atoms with Crippen LogP contribution in [0.3, 0.4) is 0 Å². The van der Waals surface area contributed by atoms with E-state index in [0.29, 0.717) is 45.1 Å². The third-order valence-corrected chi connectivity index (χ3v) is 8.18. The van der Waals surface area contributed by atoms with Gasteiger partial charge in [-0.3, -0.25) is 19.1 Å². The van der Waals surface area contributed by atoms with Crippen LogP contribution in [-0.4, -0.2) is 67.1 Å². The van der Waals surface area contributed by atoms with E-state index < -0.39 is 51.5 Å². The molecule has 35 heavy (non-hydrogen) atoms. The largest absolute Gasteiger partial charge is 0.436 e. The summed E-state index contributed by atoms with van der Waals surface area (Å²) in [5, 5.41) is 2.77. The number of amides is 4. The molecule has 2 fully saturated rings. The van der Waals surface area contributed by atoms with Crippen LogP contribution in [-0.2, 0) is 29.1 Å². The SMILES string of the molecule is CCCCS(=O)(=O)NC(=O)C12CC1C=CCCCCCC(OC(N)=O)C(=O)N1CCCC1C(=O)N2. The Morgan fingerprint density at radius 3 is 2.71 bits per heavy atom. The maximum absolute atomic E-state index is 13.3.